The summed E-state index contributed by atoms with van der Waals surface area (Å²) in [4.78, 5) is 14.3. The van der Waals surface area contributed by atoms with E-state index in [1.54, 1.807) is 0 Å². The maximum atomic E-state index is 12.4. The molecule has 1 aromatic rings. The summed E-state index contributed by atoms with van der Waals surface area (Å²) in [7, 11) is 0. The standard InChI is InChI=1S/C14H16BrNO2S/c15-12-3-1-2-11(10-12)13(17)16-6-4-14(5-7-16)18-8-9-19-14/h1-3,10H,4-9H2. The summed E-state index contributed by atoms with van der Waals surface area (Å²) >= 11 is 5.32. The third-order valence-electron chi connectivity index (χ3n) is 3.70. The van der Waals surface area contributed by atoms with Crippen molar-refractivity contribution in [3.05, 3.63) is 34.3 Å². The summed E-state index contributed by atoms with van der Waals surface area (Å²) in [5, 5.41) is 0. The van der Waals surface area contributed by atoms with Crippen LogP contribution in [0.2, 0.25) is 0 Å². The van der Waals surface area contributed by atoms with Gasteiger partial charge in [-0.2, -0.15) is 0 Å². The minimum Gasteiger partial charge on any atom is -0.363 e. The van der Waals surface area contributed by atoms with Gasteiger partial charge in [0.15, 0.2) is 0 Å². The number of piperidine rings is 1. The molecular formula is C14H16BrNO2S. The number of ether oxygens (including phenoxy) is 1. The van der Waals surface area contributed by atoms with Crippen molar-refractivity contribution in [2.75, 3.05) is 25.4 Å². The lowest BCUT2D eigenvalue weighted by Gasteiger charge is -2.37. The SMILES string of the molecule is O=C(c1cccc(Br)c1)N1CCC2(CC1)OCCS2. The highest BCUT2D eigenvalue weighted by atomic mass is 79.9. The second-order valence-corrected chi connectivity index (χ2v) is 7.27. The second kappa shape index (κ2) is 5.46. The first-order valence-corrected chi connectivity index (χ1v) is 8.29. The Morgan fingerprint density at radius 3 is 2.79 bits per heavy atom. The zero-order valence-corrected chi connectivity index (χ0v) is 13.0. The third kappa shape index (κ3) is 2.83. The highest BCUT2D eigenvalue weighted by Gasteiger charge is 2.40. The quantitative estimate of drug-likeness (QED) is 0.785. The van der Waals surface area contributed by atoms with Crippen molar-refractivity contribution in [2.45, 2.75) is 17.8 Å². The molecule has 0 aromatic heterocycles. The van der Waals surface area contributed by atoms with E-state index in [2.05, 4.69) is 15.9 Å². The van der Waals surface area contributed by atoms with E-state index in [0.717, 1.165) is 48.3 Å². The van der Waals surface area contributed by atoms with Crippen LogP contribution in [-0.2, 0) is 4.74 Å². The second-order valence-electron chi connectivity index (χ2n) is 4.91. The minimum absolute atomic E-state index is 0.00590. The molecule has 2 heterocycles. The molecule has 3 rings (SSSR count). The number of carbonyl (C=O) groups excluding carboxylic acids is 1. The van der Waals surface area contributed by atoms with Gasteiger partial charge in [-0.25, -0.2) is 0 Å². The lowest BCUT2D eigenvalue weighted by molar-refractivity contribution is 0.00352. The number of rotatable bonds is 1. The summed E-state index contributed by atoms with van der Waals surface area (Å²) in [5.74, 6) is 1.21. The van der Waals surface area contributed by atoms with E-state index >= 15 is 0 Å². The van der Waals surface area contributed by atoms with Gasteiger partial charge in [0.1, 0.15) is 4.93 Å². The molecule has 0 unspecified atom stereocenters. The van der Waals surface area contributed by atoms with Crippen molar-refractivity contribution in [1.82, 2.24) is 4.90 Å². The molecule has 2 aliphatic heterocycles. The van der Waals surface area contributed by atoms with Gasteiger partial charge in [-0.15, -0.1) is 11.8 Å². The van der Waals surface area contributed by atoms with Gasteiger partial charge < -0.3 is 9.64 Å². The van der Waals surface area contributed by atoms with Gasteiger partial charge in [0.2, 0.25) is 0 Å². The van der Waals surface area contributed by atoms with Crippen LogP contribution in [0.15, 0.2) is 28.7 Å². The smallest absolute Gasteiger partial charge is 0.253 e. The molecule has 1 spiro atoms. The molecule has 102 valence electrons. The summed E-state index contributed by atoms with van der Waals surface area (Å²) in [6.45, 7) is 2.43. The number of thioether (sulfide) groups is 1. The van der Waals surface area contributed by atoms with Crippen LogP contribution < -0.4 is 0 Å². The molecule has 0 radical (unpaired) electrons. The first kappa shape index (κ1) is 13.5. The van der Waals surface area contributed by atoms with Gasteiger partial charge in [-0.05, 0) is 18.2 Å². The summed E-state index contributed by atoms with van der Waals surface area (Å²) in [5.41, 5.74) is 0.755. The van der Waals surface area contributed by atoms with Crippen LogP contribution in [-0.4, -0.2) is 41.2 Å². The van der Waals surface area contributed by atoms with E-state index in [1.807, 2.05) is 40.9 Å². The van der Waals surface area contributed by atoms with E-state index < -0.39 is 0 Å². The predicted octanol–water partition coefficient (Wildman–Crippen LogP) is 3.14. The van der Waals surface area contributed by atoms with Crippen molar-refractivity contribution in [3.8, 4) is 0 Å². The third-order valence-corrected chi connectivity index (χ3v) is 5.61. The summed E-state index contributed by atoms with van der Waals surface area (Å²) in [6.07, 6.45) is 1.88. The number of benzene rings is 1. The van der Waals surface area contributed by atoms with Crippen LogP contribution in [0.3, 0.4) is 0 Å². The normalized spacial score (nSPS) is 21.8. The molecule has 2 fully saturated rings. The van der Waals surface area contributed by atoms with Gasteiger partial charge in [0.25, 0.3) is 5.91 Å². The van der Waals surface area contributed by atoms with Crippen LogP contribution in [0.5, 0.6) is 0 Å². The molecule has 0 aliphatic carbocycles. The molecule has 3 nitrogen and oxygen atoms in total. The highest BCUT2D eigenvalue weighted by molar-refractivity contribution is 9.10. The maximum absolute atomic E-state index is 12.4. The zero-order valence-electron chi connectivity index (χ0n) is 10.6. The number of halogens is 1. The van der Waals surface area contributed by atoms with E-state index in [9.17, 15) is 4.79 Å². The molecule has 2 saturated heterocycles. The number of hydrogen-bond donors (Lipinski definition) is 0. The Morgan fingerprint density at radius 2 is 2.16 bits per heavy atom. The molecular weight excluding hydrogens is 326 g/mol. The molecule has 19 heavy (non-hydrogen) atoms. The molecule has 0 atom stereocenters. The fourth-order valence-electron chi connectivity index (χ4n) is 2.64. The van der Waals surface area contributed by atoms with Crippen LogP contribution in [0, 0.1) is 0 Å². The molecule has 5 heteroatoms. The maximum Gasteiger partial charge on any atom is 0.253 e. The molecule has 2 aliphatic rings. The molecule has 0 N–H and O–H groups in total. The van der Waals surface area contributed by atoms with Crippen molar-refractivity contribution in [3.63, 3.8) is 0 Å². The lowest BCUT2D eigenvalue weighted by atomic mass is 10.1. The van der Waals surface area contributed by atoms with Crippen LogP contribution in [0.1, 0.15) is 23.2 Å². The Hall–Kier alpha value is -0.520. The van der Waals surface area contributed by atoms with Gasteiger partial charge in [0.05, 0.1) is 6.61 Å². The predicted molar refractivity (Wildman–Crippen MR) is 80.4 cm³/mol. The average Bonchev–Trinajstić information content (AvgIpc) is 2.87. The monoisotopic (exact) mass is 341 g/mol. The first-order valence-electron chi connectivity index (χ1n) is 6.51. The minimum atomic E-state index is -0.00590. The number of hydrogen-bond acceptors (Lipinski definition) is 3. The van der Waals surface area contributed by atoms with E-state index in [0.29, 0.717) is 0 Å². The Bertz CT molecular complexity index is 478. The lowest BCUT2D eigenvalue weighted by Crippen LogP contribution is -2.45. The first-order chi connectivity index (χ1) is 9.19. The number of likely N-dealkylation sites (tertiary alicyclic amines) is 1. The number of amides is 1. The van der Waals surface area contributed by atoms with Crippen molar-refractivity contribution in [1.29, 1.82) is 0 Å². The van der Waals surface area contributed by atoms with Crippen LogP contribution >= 0.6 is 27.7 Å². The van der Waals surface area contributed by atoms with Gasteiger partial charge in [0, 0.05) is 41.7 Å². The molecule has 1 amide bonds. The van der Waals surface area contributed by atoms with Crippen LogP contribution in [0.4, 0.5) is 0 Å². The molecule has 0 bridgehead atoms. The van der Waals surface area contributed by atoms with Gasteiger partial charge in [-0.1, -0.05) is 22.0 Å². The van der Waals surface area contributed by atoms with Gasteiger partial charge >= 0.3 is 0 Å². The van der Waals surface area contributed by atoms with Gasteiger partial charge in [-0.3, -0.25) is 4.79 Å². The fourth-order valence-corrected chi connectivity index (χ4v) is 4.22. The fraction of sp³-hybridized carbons (Fsp3) is 0.500. The zero-order chi connectivity index (χ0) is 13.3. The summed E-state index contributed by atoms with van der Waals surface area (Å²) in [6, 6.07) is 7.59. The largest absolute Gasteiger partial charge is 0.363 e. The van der Waals surface area contributed by atoms with E-state index in [1.165, 1.54) is 0 Å². The van der Waals surface area contributed by atoms with E-state index in [4.69, 9.17) is 4.74 Å². The van der Waals surface area contributed by atoms with Crippen molar-refractivity contribution >= 4 is 33.6 Å². The van der Waals surface area contributed by atoms with Crippen molar-refractivity contribution in [2.24, 2.45) is 0 Å². The Morgan fingerprint density at radius 1 is 1.37 bits per heavy atom. The Balaban J connectivity index is 1.66. The number of nitrogens with zero attached hydrogens (tertiary/aromatic N) is 1. The van der Waals surface area contributed by atoms with Crippen LogP contribution in [0.25, 0.3) is 0 Å². The topological polar surface area (TPSA) is 29.5 Å². The van der Waals surface area contributed by atoms with E-state index in [-0.39, 0.29) is 10.8 Å². The number of carbonyl (C=O) groups is 1. The molecule has 1 aromatic carbocycles. The Labute approximate surface area is 125 Å². The molecule has 0 saturated carbocycles. The van der Waals surface area contributed by atoms with Crippen molar-refractivity contribution < 1.29 is 9.53 Å². The average molecular weight is 342 g/mol. The highest BCUT2D eigenvalue weighted by Crippen LogP contribution is 2.41. The Kier molecular flexibility index (Phi) is 3.87. The summed E-state index contributed by atoms with van der Waals surface area (Å²) < 4.78 is 6.80.